The molecule has 8 heteroatoms. The monoisotopic (exact) mass is 461 g/mol. The van der Waals surface area contributed by atoms with E-state index in [0.29, 0.717) is 17.4 Å². The van der Waals surface area contributed by atoms with Crippen LogP contribution in [0.4, 0.5) is 11.5 Å². The highest BCUT2D eigenvalue weighted by Gasteiger charge is 2.23. The van der Waals surface area contributed by atoms with Crippen LogP contribution in [0.15, 0.2) is 60.7 Å². The minimum atomic E-state index is -0.199. The zero-order valence-electron chi connectivity index (χ0n) is 19.7. The molecule has 0 aliphatic heterocycles. The van der Waals surface area contributed by atoms with Gasteiger partial charge in [0.15, 0.2) is 0 Å². The number of ether oxygens (including phenoxy) is 1. The second kappa shape index (κ2) is 11.0. The molecular formula is C26H31N5O3. The summed E-state index contributed by atoms with van der Waals surface area (Å²) in [6.45, 7) is 0.166. The molecule has 0 radical (unpaired) electrons. The molecular weight excluding hydrogens is 430 g/mol. The normalized spacial score (nSPS) is 13.7. The molecule has 1 aliphatic carbocycles. The number of para-hydroxylation sites is 1. The fourth-order valence-corrected chi connectivity index (χ4v) is 4.28. The summed E-state index contributed by atoms with van der Waals surface area (Å²) < 4.78 is 6.92. The van der Waals surface area contributed by atoms with Gasteiger partial charge in [0.1, 0.15) is 11.6 Å². The second-order valence-corrected chi connectivity index (χ2v) is 8.68. The summed E-state index contributed by atoms with van der Waals surface area (Å²) in [6.07, 6.45) is 4.69. The van der Waals surface area contributed by atoms with E-state index in [9.17, 15) is 9.59 Å². The van der Waals surface area contributed by atoms with Crippen LogP contribution in [-0.2, 0) is 9.59 Å². The quantitative estimate of drug-likeness (QED) is 0.502. The van der Waals surface area contributed by atoms with E-state index >= 15 is 0 Å². The topological polar surface area (TPSA) is 88.5 Å². The summed E-state index contributed by atoms with van der Waals surface area (Å²) in [5.74, 6) is 1.41. The molecule has 2 N–H and O–H groups in total. The third kappa shape index (κ3) is 6.02. The summed E-state index contributed by atoms with van der Waals surface area (Å²) in [7, 11) is 3.33. The number of nitrogens with one attached hydrogen (secondary N) is 2. The first kappa shape index (κ1) is 23.5. The van der Waals surface area contributed by atoms with Crippen molar-refractivity contribution < 1.29 is 14.3 Å². The van der Waals surface area contributed by atoms with E-state index in [1.54, 1.807) is 48.0 Å². The van der Waals surface area contributed by atoms with Crippen molar-refractivity contribution in [1.82, 2.24) is 14.7 Å². The van der Waals surface area contributed by atoms with E-state index < -0.39 is 0 Å². The molecule has 34 heavy (non-hydrogen) atoms. The fraction of sp³-hybridized carbons (Fsp3) is 0.346. The lowest BCUT2D eigenvalue weighted by Gasteiger charge is -2.16. The summed E-state index contributed by atoms with van der Waals surface area (Å²) in [5, 5.41) is 10.6. The molecule has 0 unspecified atom stereocenters. The Morgan fingerprint density at radius 3 is 2.29 bits per heavy atom. The van der Waals surface area contributed by atoms with Gasteiger partial charge in [-0.2, -0.15) is 5.10 Å². The molecule has 4 rings (SSSR count). The number of likely N-dealkylation sites (N-methyl/N-ethyl adjacent to an activating group) is 1. The molecule has 1 aliphatic rings. The number of hydrogen-bond acceptors (Lipinski definition) is 5. The molecule has 8 nitrogen and oxygen atoms in total. The second-order valence-electron chi connectivity index (χ2n) is 8.68. The van der Waals surface area contributed by atoms with E-state index in [4.69, 9.17) is 9.84 Å². The number of methoxy groups -OCH3 is 1. The maximum absolute atomic E-state index is 12.8. The summed E-state index contributed by atoms with van der Waals surface area (Å²) >= 11 is 0. The van der Waals surface area contributed by atoms with Crippen molar-refractivity contribution in [3.63, 3.8) is 0 Å². The predicted octanol–water partition coefficient (Wildman–Crippen LogP) is 4.05. The molecule has 178 valence electrons. The highest BCUT2D eigenvalue weighted by Crippen LogP contribution is 2.35. The molecule has 1 heterocycles. The number of aromatic nitrogens is 2. The van der Waals surface area contributed by atoms with E-state index in [-0.39, 0.29) is 24.9 Å². The van der Waals surface area contributed by atoms with Gasteiger partial charge in [-0.25, -0.2) is 4.68 Å². The lowest BCUT2D eigenvalue weighted by molar-refractivity contribution is -0.119. The van der Waals surface area contributed by atoms with Gasteiger partial charge in [-0.3, -0.25) is 14.5 Å². The largest absolute Gasteiger partial charge is 0.497 e. The van der Waals surface area contributed by atoms with Crippen LogP contribution in [-0.4, -0.2) is 53.7 Å². The Kier molecular flexibility index (Phi) is 7.59. The Bertz CT molecular complexity index is 1110. The number of anilines is 2. The van der Waals surface area contributed by atoms with E-state index in [1.165, 1.54) is 12.8 Å². The first-order valence-electron chi connectivity index (χ1n) is 11.6. The van der Waals surface area contributed by atoms with Crippen LogP contribution in [0.3, 0.4) is 0 Å². The van der Waals surface area contributed by atoms with E-state index in [1.807, 2.05) is 36.4 Å². The van der Waals surface area contributed by atoms with E-state index in [2.05, 4.69) is 10.6 Å². The molecule has 0 spiro atoms. The lowest BCUT2D eigenvalue weighted by atomic mass is 10.0. The first-order chi connectivity index (χ1) is 16.5. The molecule has 1 fully saturated rings. The van der Waals surface area contributed by atoms with Crippen molar-refractivity contribution in [1.29, 1.82) is 0 Å². The molecule has 1 aromatic heterocycles. The van der Waals surface area contributed by atoms with Crippen LogP contribution in [0.2, 0.25) is 0 Å². The van der Waals surface area contributed by atoms with Gasteiger partial charge in [-0.05, 0) is 56.3 Å². The molecule has 1 saturated carbocycles. The van der Waals surface area contributed by atoms with Gasteiger partial charge < -0.3 is 15.4 Å². The van der Waals surface area contributed by atoms with Crippen LogP contribution in [0.25, 0.3) is 5.69 Å². The molecule has 3 aromatic rings. The predicted molar refractivity (Wildman–Crippen MR) is 133 cm³/mol. The highest BCUT2D eigenvalue weighted by molar-refractivity contribution is 5.94. The fourth-order valence-electron chi connectivity index (χ4n) is 4.28. The van der Waals surface area contributed by atoms with Crippen LogP contribution in [0, 0.1) is 0 Å². The number of benzene rings is 2. The van der Waals surface area contributed by atoms with Crippen molar-refractivity contribution in [2.75, 3.05) is 37.9 Å². The van der Waals surface area contributed by atoms with Gasteiger partial charge >= 0.3 is 0 Å². The van der Waals surface area contributed by atoms with Crippen LogP contribution in [0.5, 0.6) is 5.75 Å². The lowest BCUT2D eigenvalue weighted by Crippen LogP contribution is -2.36. The minimum Gasteiger partial charge on any atom is -0.497 e. The third-order valence-corrected chi connectivity index (χ3v) is 5.97. The van der Waals surface area contributed by atoms with Crippen LogP contribution < -0.4 is 15.4 Å². The molecule has 2 amide bonds. The van der Waals surface area contributed by atoms with Crippen molar-refractivity contribution in [2.45, 2.75) is 31.6 Å². The Balaban J connectivity index is 1.37. The van der Waals surface area contributed by atoms with Gasteiger partial charge in [0.05, 0.1) is 31.6 Å². The summed E-state index contributed by atoms with van der Waals surface area (Å²) in [4.78, 5) is 26.9. The number of carbonyl (C=O) groups is 2. The number of hydrogen-bond donors (Lipinski definition) is 2. The average Bonchev–Trinajstić information content (AvgIpc) is 3.50. The van der Waals surface area contributed by atoms with Gasteiger partial charge in [0.25, 0.3) is 0 Å². The maximum atomic E-state index is 12.8. The zero-order chi connectivity index (χ0) is 23.9. The minimum absolute atomic E-state index is 0.0781. The maximum Gasteiger partial charge on any atom is 0.239 e. The van der Waals surface area contributed by atoms with Crippen molar-refractivity contribution in [3.8, 4) is 11.4 Å². The van der Waals surface area contributed by atoms with Crippen LogP contribution in [0.1, 0.15) is 37.3 Å². The van der Waals surface area contributed by atoms with Crippen molar-refractivity contribution in [3.05, 3.63) is 66.4 Å². The van der Waals surface area contributed by atoms with E-state index in [0.717, 1.165) is 30.0 Å². The Labute approximate surface area is 199 Å². The number of carbonyl (C=O) groups excluding carboxylic acids is 2. The number of amides is 2. The summed E-state index contributed by atoms with van der Waals surface area (Å²) in [5.41, 5.74) is 2.59. The highest BCUT2D eigenvalue weighted by atomic mass is 16.5. The molecule has 2 aromatic carbocycles. The number of nitrogens with zero attached hydrogens (tertiary/aromatic N) is 3. The third-order valence-electron chi connectivity index (χ3n) is 5.97. The first-order valence-corrected chi connectivity index (χ1v) is 11.6. The van der Waals surface area contributed by atoms with Gasteiger partial charge in [0, 0.05) is 17.7 Å². The summed E-state index contributed by atoms with van der Waals surface area (Å²) in [6, 6.07) is 18.9. The average molecular weight is 462 g/mol. The Hall–Kier alpha value is -3.65. The SMILES string of the molecule is COc1ccc(NC(=O)CN(C)CC(=O)Nc2cc(C3CCCC3)nn2-c2ccccc2)cc1. The Morgan fingerprint density at radius 2 is 1.65 bits per heavy atom. The standard InChI is InChI=1S/C26H31N5O3/c1-30(17-25(32)27-20-12-14-22(34-2)15-13-20)18-26(33)28-24-16-23(19-8-6-7-9-19)29-31(24)21-10-4-3-5-11-21/h3-5,10-16,19H,6-9,17-18H2,1-2H3,(H,27,32)(H,28,33). The Morgan fingerprint density at radius 1 is 1.00 bits per heavy atom. The van der Waals surface area contributed by atoms with Crippen LogP contribution >= 0.6 is 0 Å². The number of rotatable bonds is 9. The van der Waals surface area contributed by atoms with Gasteiger partial charge in [-0.15, -0.1) is 0 Å². The molecule has 0 saturated heterocycles. The zero-order valence-corrected chi connectivity index (χ0v) is 19.7. The van der Waals surface area contributed by atoms with Crippen molar-refractivity contribution >= 4 is 23.3 Å². The van der Waals surface area contributed by atoms with Gasteiger partial charge in [0.2, 0.25) is 11.8 Å². The smallest absolute Gasteiger partial charge is 0.239 e. The molecule has 0 atom stereocenters. The van der Waals surface area contributed by atoms with Gasteiger partial charge in [-0.1, -0.05) is 31.0 Å². The van der Waals surface area contributed by atoms with Crippen molar-refractivity contribution in [2.24, 2.45) is 0 Å². The molecule has 0 bridgehead atoms.